The van der Waals surface area contributed by atoms with E-state index in [1.54, 1.807) is 0 Å². The fraction of sp³-hybridized carbons (Fsp3) is 0.538. The van der Waals surface area contributed by atoms with E-state index < -0.39 is 0 Å². The van der Waals surface area contributed by atoms with Crippen molar-refractivity contribution >= 4 is 12.4 Å². The fourth-order valence-corrected chi connectivity index (χ4v) is 2.87. The van der Waals surface area contributed by atoms with Crippen LogP contribution in [0.3, 0.4) is 0 Å². The van der Waals surface area contributed by atoms with Crippen molar-refractivity contribution in [3.05, 3.63) is 29.8 Å². The van der Waals surface area contributed by atoms with Crippen LogP contribution in [0.1, 0.15) is 24.3 Å². The Kier molecular flexibility index (Phi) is 3.72. The van der Waals surface area contributed by atoms with Crippen molar-refractivity contribution in [1.29, 1.82) is 0 Å². The Morgan fingerprint density at radius 2 is 2.06 bits per heavy atom. The Balaban J connectivity index is 0.000000963. The summed E-state index contributed by atoms with van der Waals surface area (Å²) in [6, 6.07) is 8.55. The third kappa shape index (κ3) is 2.04. The van der Waals surface area contributed by atoms with Crippen LogP contribution in [-0.2, 0) is 0 Å². The van der Waals surface area contributed by atoms with Crippen molar-refractivity contribution in [3.8, 4) is 5.75 Å². The molecule has 1 fully saturated rings. The summed E-state index contributed by atoms with van der Waals surface area (Å²) in [7, 11) is 0. The molecule has 88 valence electrons. The van der Waals surface area contributed by atoms with Crippen LogP contribution in [-0.4, -0.2) is 19.7 Å². The van der Waals surface area contributed by atoms with Crippen LogP contribution < -0.4 is 10.1 Å². The van der Waals surface area contributed by atoms with Crippen LogP contribution in [0.25, 0.3) is 0 Å². The predicted octanol–water partition coefficient (Wildman–Crippen LogP) is 2.58. The van der Waals surface area contributed by atoms with Crippen LogP contribution in [0.5, 0.6) is 5.75 Å². The van der Waals surface area contributed by atoms with Gasteiger partial charge in [-0.2, -0.15) is 0 Å². The van der Waals surface area contributed by atoms with Gasteiger partial charge in [0.15, 0.2) is 0 Å². The van der Waals surface area contributed by atoms with Crippen molar-refractivity contribution in [3.63, 3.8) is 0 Å². The average molecular weight is 240 g/mol. The SMILES string of the molecule is Cl.c1ccc2c(c1)OCC[C@H]1CNCC[C@H]21. The fourth-order valence-electron chi connectivity index (χ4n) is 2.87. The summed E-state index contributed by atoms with van der Waals surface area (Å²) in [6.45, 7) is 3.18. The average Bonchev–Trinajstić information content (AvgIpc) is 2.48. The van der Waals surface area contributed by atoms with Gasteiger partial charge in [0.25, 0.3) is 0 Å². The number of hydrogen-bond donors (Lipinski definition) is 1. The minimum absolute atomic E-state index is 0. The monoisotopic (exact) mass is 239 g/mol. The van der Waals surface area contributed by atoms with Gasteiger partial charge in [-0.25, -0.2) is 0 Å². The zero-order valence-electron chi connectivity index (χ0n) is 9.32. The van der Waals surface area contributed by atoms with Crippen molar-refractivity contribution < 1.29 is 4.74 Å². The molecule has 0 aliphatic carbocycles. The molecule has 16 heavy (non-hydrogen) atoms. The molecule has 0 saturated carbocycles. The highest BCUT2D eigenvalue weighted by Gasteiger charge is 2.30. The molecule has 2 aliphatic heterocycles. The van der Waals surface area contributed by atoms with Gasteiger partial charge in [0.05, 0.1) is 6.61 Å². The van der Waals surface area contributed by atoms with Crippen molar-refractivity contribution in [2.45, 2.75) is 18.8 Å². The largest absolute Gasteiger partial charge is 0.493 e. The summed E-state index contributed by atoms with van der Waals surface area (Å²) >= 11 is 0. The standard InChI is InChI=1S/C13H17NO.ClH/c1-2-4-13-12(3-1)11-5-7-14-9-10(11)6-8-15-13;/h1-4,10-11,14H,5-9H2;1H/t10-,11-;/m0./s1. The minimum Gasteiger partial charge on any atom is -0.493 e. The lowest BCUT2D eigenvalue weighted by atomic mass is 9.80. The highest BCUT2D eigenvalue weighted by atomic mass is 35.5. The Bertz CT molecular complexity index is 356. The molecular weight excluding hydrogens is 222 g/mol. The summed E-state index contributed by atoms with van der Waals surface area (Å²) in [5.41, 5.74) is 1.43. The number of hydrogen-bond acceptors (Lipinski definition) is 2. The Hall–Kier alpha value is -0.730. The number of halogens is 1. The van der Waals surface area contributed by atoms with Crippen LogP contribution in [0.2, 0.25) is 0 Å². The molecule has 3 rings (SSSR count). The van der Waals surface area contributed by atoms with Crippen LogP contribution in [0.15, 0.2) is 24.3 Å². The van der Waals surface area contributed by atoms with E-state index in [2.05, 4.69) is 29.6 Å². The number of benzene rings is 1. The number of rotatable bonds is 0. The second-order valence-corrected chi connectivity index (χ2v) is 4.53. The molecule has 2 nitrogen and oxygen atoms in total. The van der Waals surface area contributed by atoms with Crippen LogP contribution >= 0.6 is 12.4 Å². The second kappa shape index (κ2) is 5.07. The number of para-hydroxylation sites is 1. The molecule has 0 radical (unpaired) electrons. The number of nitrogens with one attached hydrogen (secondary N) is 1. The Morgan fingerprint density at radius 3 is 3.00 bits per heavy atom. The Labute approximate surface area is 103 Å². The first-order chi connectivity index (χ1) is 7.45. The number of piperidine rings is 1. The topological polar surface area (TPSA) is 21.3 Å². The van der Waals surface area contributed by atoms with E-state index in [1.807, 2.05) is 0 Å². The third-order valence-corrected chi connectivity index (χ3v) is 3.67. The van der Waals surface area contributed by atoms with Crippen molar-refractivity contribution in [2.24, 2.45) is 5.92 Å². The molecule has 0 spiro atoms. The molecule has 3 heteroatoms. The molecule has 2 heterocycles. The normalized spacial score (nSPS) is 27.8. The molecule has 2 aliphatic rings. The van der Waals surface area contributed by atoms with E-state index >= 15 is 0 Å². The maximum atomic E-state index is 5.81. The first kappa shape index (κ1) is 11.7. The quantitative estimate of drug-likeness (QED) is 0.752. The van der Waals surface area contributed by atoms with E-state index in [9.17, 15) is 0 Å². The lowest BCUT2D eigenvalue weighted by Gasteiger charge is -2.30. The highest BCUT2D eigenvalue weighted by molar-refractivity contribution is 5.85. The molecule has 1 N–H and O–H groups in total. The maximum Gasteiger partial charge on any atom is 0.122 e. The molecule has 0 amide bonds. The van der Waals surface area contributed by atoms with E-state index in [4.69, 9.17) is 4.74 Å². The molecule has 2 atom stereocenters. The molecule has 1 saturated heterocycles. The predicted molar refractivity (Wildman–Crippen MR) is 67.5 cm³/mol. The minimum atomic E-state index is 0. The van der Waals surface area contributed by atoms with Crippen molar-refractivity contribution in [2.75, 3.05) is 19.7 Å². The van der Waals surface area contributed by atoms with Gasteiger partial charge in [0.1, 0.15) is 5.75 Å². The molecule has 1 aromatic carbocycles. The summed E-state index contributed by atoms with van der Waals surface area (Å²) in [5, 5.41) is 3.49. The maximum absolute atomic E-state index is 5.81. The van der Waals surface area contributed by atoms with Gasteiger partial charge in [-0.15, -0.1) is 12.4 Å². The van der Waals surface area contributed by atoms with E-state index in [-0.39, 0.29) is 12.4 Å². The summed E-state index contributed by atoms with van der Waals surface area (Å²) in [5.74, 6) is 2.60. The zero-order chi connectivity index (χ0) is 10.1. The van der Waals surface area contributed by atoms with Crippen molar-refractivity contribution in [1.82, 2.24) is 5.32 Å². The molecule has 1 aromatic rings. The smallest absolute Gasteiger partial charge is 0.122 e. The highest BCUT2D eigenvalue weighted by Crippen LogP contribution is 2.39. The summed E-state index contributed by atoms with van der Waals surface area (Å²) in [6.07, 6.45) is 2.44. The van der Waals surface area contributed by atoms with Gasteiger partial charge in [-0.1, -0.05) is 18.2 Å². The van der Waals surface area contributed by atoms with Crippen LogP contribution in [0, 0.1) is 5.92 Å². The number of fused-ring (bicyclic) bond motifs is 3. The molecular formula is C13H18ClNO. The van der Waals surface area contributed by atoms with E-state index in [1.165, 1.54) is 18.4 Å². The second-order valence-electron chi connectivity index (χ2n) is 4.53. The summed E-state index contributed by atoms with van der Waals surface area (Å²) in [4.78, 5) is 0. The van der Waals surface area contributed by atoms with Gasteiger partial charge in [-0.05, 0) is 49.4 Å². The molecule has 0 aromatic heterocycles. The lowest BCUT2D eigenvalue weighted by molar-refractivity contribution is 0.263. The zero-order valence-corrected chi connectivity index (χ0v) is 10.1. The van der Waals surface area contributed by atoms with Gasteiger partial charge < -0.3 is 10.1 Å². The van der Waals surface area contributed by atoms with Gasteiger partial charge in [0.2, 0.25) is 0 Å². The third-order valence-electron chi connectivity index (χ3n) is 3.67. The van der Waals surface area contributed by atoms with Gasteiger partial charge in [-0.3, -0.25) is 0 Å². The molecule has 0 bridgehead atoms. The first-order valence-corrected chi connectivity index (χ1v) is 5.87. The lowest BCUT2D eigenvalue weighted by Crippen LogP contribution is -2.35. The summed E-state index contributed by atoms with van der Waals surface area (Å²) < 4.78 is 5.81. The van der Waals surface area contributed by atoms with Gasteiger partial charge in [0, 0.05) is 0 Å². The van der Waals surface area contributed by atoms with E-state index in [0.29, 0.717) is 5.92 Å². The Morgan fingerprint density at radius 1 is 1.19 bits per heavy atom. The number of ether oxygens (including phenoxy) is 1. The first-order valence-electron chi connectivity index (χ1n) is 5.87. The van der Waals surface area contributed by atoms with Crippen LogP contribution in [0.4, 0.5) is 0 Å². The van der Waals surface area contributed by atoms with E-state index in [0.717, 1.165) is 31.4 Å². The molecule has 0 unspecified atom stereocenters. The van der Waals surface area contributed by atoms with Gasteiger partial charge >= 0.3 is 0 Å².